The Labute approximate surface area is 186 Å². The Kier molecular flexibility index (Phi) is 7.43. The number of benzene rings is 3. The molecule has 0 aromatic heterocycles. The zero-order chi connectivity index (χ0) is 21.5. The molecule has 0 aliphatic carbocycles. The molecule has 0 fully saturated rings. The molecule has 0 unspecified atom stereocenters. The number of halogens is 3. The Morgan fingerprint density at radius 3 is 2.67 bits per heavy atom. The standard InChI is InChI=1S/C22H16BrClFNO4/c1-28-21-11-14(12-26-30-22(27)15-5-2-3-6-17(15)23)9-10-20(21)29-13-16-18(24)7-4-8-19(16)25/h2-12H,13H2,1H3/b26-12+. The average Bonchev–Trinajstić information content (AvgIpc) is 2.74. The fourth-order valence-electron chi connectivity index (χ4n) is 2.51. The molecule has 0 atom stereocenters. The highest BCUT2D eigenvalue weighted by Crippen LogP contribution is 2.30. The molecule has 3 aromatic carbocycles. The molecule has 154 valence electrons. The monoisotopic (exact) mass is 491 g/mol. The minimum atomic E-state index is -0.590. The van der Waals surface area contributed by atoms with Crippen LogP contribution in [0, 0.1) is 5.82 Å². The van der Waals surface area contributed by atoms with E-state index in [-0.39, 0.29) is 17.2 Å². The van der Waals surface area contributed by atoms with Crippen LogP contribution >= 0.6 is 27.5 Å². The van der Waals surface area contributed by atoms with Crippen molar-refractivity contribution in [3.8, 4) is 11.5 Å². The summed E-state index contributed by atoms with van der Waals surface area (Å²) in [4.78, 5) is 17.0. The van der Waals surface area contributed by atoms with Crippen LogP contribution in [0.3, 0.4) is 0 Å². The predicted molar refractivity (Wildman–Crippen MR) is 116 cm³/mol. The summed E-state index contributed by atoms with van der Waals surface area (Å²) < 4.78 is 25.5. The van der Waals surface area contributed by atoms with Crippen molar-refractivity contribution in [1.29, 1.82) is 0 Å². The molecular weight excluding hydrogens is 477 g/mol. The van der Waals surface area contributed by atoms with Gasteiger partial charge in [0.15, 0.2) is 11.5 Å². The van der Waals surface area contributed by atoms with Gasteiger partial charge in [0.2, 0.25) is 0 Å². The molecule has 0 aliphatic rings. The van der Waals surface area contributed by atoms with Crippen molar-refractivity contribution >= 4 is 39.7 Å². The number of methoxy groups -OCH3 is 1. The quantitative estimate of drug-likeness (QED) is 0.230. The first kappa shape index (κ1) is 21.8. The molecule has 3 rings (SSSR count). The van der Waals surface area contributed by atoms with Gasteiger partial charge in [0.1, 0.15) is 12.4 Å². The maximum absolute atomic E-state index is 13.9. The number of hydrogen-bond donors (Lipinski definition) is 0. The molecule has 0 saturated heterocycles. The second-order valence-corrected chi connectivity index (χ2v) is 7.25. The van der Waals surface area contributed by atoms with Crippen LogP contribution in [-0.2, 0) is 11.4 Å². The second-order valence-electron chi connectivity index (χ2n) is 5.99. The van der Waals surface area contributed by atoms with E-state index >= 15 is 0 Å². The van der Waals surface area contributed by atoms with Crippen molar-refractivity contribution in [1.82, 2.24) is 0 Å². The van der Waals surface area contributed by atoms with Crippen LogP contribution in [0.5, 0.6) is 11.5 Å². The number of nitrogens with zero attached hydrogens (tertiary/aromatic N) is 1. The van der Waals surface area contributed by atoms with E-state index in [1.165, 1.54) is 25.5 Å². The Bertz CT molecular complexity index is 1070. The normalized spacial score (nSPS) is 10.8. The molecule has 0 amide bonds. The Hall–Kier alpha value is -2.90. The van der Waals surface area contributed by atoms with Crippen molar-refractivity contribution < 1.29 is 23.5 Å². The fraction of sp³-hybridized carbons (Fsp3) is 0.0909. The van der Waals surface area contributed by atoms with E-state index < -0.39 is 11.8 Å². The Balaban J connectivity index is 1.67. The fourth-order valence-corrected chi connectivity index (χ4v) is 3.18. The molecule has 0 N–H and O–H groups in total. The molecule has 30 heavy (non-hydrogen) atoms. The van der Waals surface area contributed by atoms with Crippen LogP contribution in [0.4, 0.5) is 4.39 Å². The molecule has 0 saturated carbocycles. The maximum atomic E-state index is 13.9. The van der Waals surface area contributed by atoms with Crippen molar-refractivity contribution in [2.45, 2.75) is 6.61 Å². The molecule has 5 nitrogen and oxygen atoms in total. The first-order valence-corrected chi connectivity index (χ1v) is 9.89. The van der Waals surface area contributed by atoms with Gasteiger partial charge < -0.3 is 14.3 Å². The third-order valence-electron chi connectivity index (χ3n) is 4.05. The Morgan fingerprint density at radius 2 is 1.93 bits per heavy atom. The van der Waals surface area contributed by atoms with Crippen LogP contribution in [0.2, 0.25) is 5.02 Å². The highest BCUT2D eigenvalue weighted by Gasteiger charge is 2.12. The molecule has 0 aliphatic heterocycles. The lowest BCUT2D eigenvalue weighted by molar-refractivity contribution is 0.0518. The summed E-state index contributed by atoms with van der Waals surface area (Å²) in [6, 6.07) is 16.3. The van der Waals surface area contributed by atoms with Gasteiger partial charge in [0.05, 0.1) is 23.9 Å². The minimum Gasteiger partial charge on any atom is -0.493 e. The third-order valence-corrected chi connectivity index (χ3v) is 5.10. The summed E-state index contributed by atoms with van der Waals surface area (Å²) in [5, 5.41) is 4.00. The van der Waals surface area contributed by atoms with E-state index in [2.05, 4.69) is 21.1 Å². The van der Waals surface area contributed by atoms with E-state index in [4.69, 9.17) is 25.9 Å². The van der Waals surface area contributed by atoms with Crippen LogP contribution in [0.25, 0.3) is 0 Å². The zero-order valence-corrected chi connectivity index (χ0v) is 18.1. The van der Waals surface area contributed by atoms with Gasteiger partial charge in [-0.2, -0.15) is 0 Å². The largest absolute Gasteiger partial charge is 0.493 e. The van der Waals surface area contributed by atoms with Crippen LogP contribution in [0.1, 0.15) is 21.5 Å². The van der Waals surface area contributed by atoms with Gasteiger partial charge in [0, 0.05) is 15.6 Å². The molecular formula is C22H16BrClFNO4. The van der Waals surface area contributed by atoms with Gasteiger partial charge >= 0.3 is 5.97 Å². The van der Waals surface area contributed by atoms with Gasteiger partial charge in [-0.3, -0.25) is 0 Å². The smallest absolute Gasteiger partial charge is 0.366 e. The summed E-state index contributed by atoms with van der Waals surface area (Å²) in [7, 11) is 1.48. The first-order chi connectivity index (χ1) is 14.5. The van der Waals surface area contributed by atoms with E-state index in [1.807, 2.05) is 0 Å². The SMILES string of the molecule is COc1cc(/C=N/OC(=O)c2ccccc2Br)ccc1OCc1c(F)cccc1Cl. The molecule has 0 radical (unpaired) electrons. The molecule has 0 heterocycles. The summed E-state index contributed by atoms with van der Waals surface area (Å²) >= 11 is 9.30. The number of carbonyl (C=O) groups excluding carboxylic acids is 1. The lowest BCUT2D eigenvalue weighted by Gasteiger charge is -2.12. The maximum Gasteiger partial charge on any atom is 0.366 e. The lowest BCUT2D eigenvalue weighted by atomic mass is 10.2. The summed E-state index contributed by atoms with van der Waals surface area (Å²) in [6.07, 6.45) is 1.37. The van der Waals surface area contributed by atoms with Gasteiger partial charge in [0.25, 0.3) is 0 Å². The number of carbonyl (C=O) groups is 1. The van der Waals surface area contributed by atoms with Gasteiger partial charge in [-0.15, -0.1) is 0 Å². The first-order valence-electron chi connectivity index (χ1n) is 8.72. The van der Waals surface area contributed by atoms with Crippen LogP contribution in [0.15, 0.2) is 70.3 Å². The molecule has 8 heteroatoms. The highest BCUT2D eigenvalue weighted by molar-refractivity contribution is 9.10. The van der Waals surface area contributed by atoms with E-state index in [0.717, 1.165) is 0 Å². The third kappa shape index (κ3) is 5.37. The highest BCUT2D eigenvalue weighted by atomic mass is 79.9. The van der Waals surface area contributed by atoms with Gasteiger partial charge in [-0.1, -0.05) is 35.0 Å². The van der Waals surface area contributed by atoms with Gasteiger partial charge in [-0.05, 0) is 58.4 Å². The van der Waals surface area contributed by atoms with Gasteiger partial charge in [-0.25, -0.2) is 9.18 Å². The summed E-state index contributed by atoms with van der Waals surface area (Å²) in [5.41, 5.74) is 1.23. The average molecular weight is 493 g/mol. The van der Waals surface area contributed by atoms with E-state index in [0.29, 0.717) is 27.1 Å². The Morgan fingerprint density at radius 1 is 1.13 bits per heavy atom. The number of oxime groups is 1. The van der Waals surface area contributed by atoms with Crippen molar-refractivity contribution in [2.75, 3.05) is 7.11 Å². The number of rotatable bonds is 7. The number of ether oxygens (including phenoxy) is 2. The zero-order valence-electron chi connectivity index (χ0n) is 15.8. The summed E-state index contributed by atoms with van der Waals surface area (Å²) in [6.45, 7) is -0.0567. The topological polar surface area (TPSA) is 57.1 Å². The predicted octanol–water partition coefficient (Wildman–Crippen LogP) is 6.02. The minimum absolute atomic E-state index is 0.0567. The van der Waals surface area contributed by atoms with Crippen molar-refractivity contribution in [3.05, 3.63) is 92.7 Å². The second kappa shape index (κ2) is 10.2. The molecule has 0 bridgehead atoms. The lowest BCUT2D eigenvalue weighted by Crippen LogP contribution is -2.02. The van der Waals surface area contributed by atoms with Crippen LogP contribution < -0.4 is 9.47 Å². The van der Waals surface area contributed by atoms with Crippen molar-refractivity contribution in [3.63, 3.8) is 0 Å². The van der Waals surface area contributed by atoms with Crippen LogP contribution in [-0.4, -0.2) is 19.3 Å². The molecule has 0 spiro atoms. The van der Waals surface area contributed by atoms with E-state index in [9.17, 15) is 9.18 Å². The number of hydrogen-bond acceptors (Lipinski definition) is 5. The molecule has 3 aromatic rings. The van der Waals surface area contributed by atoms with Crippen molar-refractivity contribution in [2.24, 2.45) is 5.16 Å². The van der Waals surface area contributed by atoms with E-state index in [1.54, 1.807) is 48.5 Å². The summed E-state index contributed by atoms with van der Waals surface area (Å²) in [5.74, 6) is -0.229.